The van der Waals surface area contributed by atoms with Gasteiger partial charge >= 0.3 is 6.09 Å². The first kappa shape index (κ1) is 8.01. The molecule has 0 aromatic heterocycles. The number of quaternary nitrogens is 1. The number of hydrogen-bond donors (Lipinski definition) is 1. The smallest absolute Gasteiger partial charge is 0.420 e. The van der Waals surface area contributed by atoms with Crippen LogP contribution in [-0.2, 0) is 4.74 Å². The summed E-state index contributed by atoms with van der Waals surface area (Å²) in [6, 6.07) is 0. The first-order chi connectivity index (χ1) is 5.34. The molecule has 3 nitrogen and oxygen atoms in total. The maximum atomic E-state index is 11.1. The van der Waals surface area contributed by atoms with E-state index in [0.29, 0.717) is 13.2 Å². The Morgan fingerprint density at radius 3 is 3.00 bits per heavy atom. The third-order valence-corrected chi connectivity index (χ3v) is 1.42. The third-order valence-electron chi connectivity index (χ3n) is 1.42. The predicted octanol–water partition coefficient (Wildman–Crippen LogP) is 0.111. The summed E-state index contributed by atoms with van der Waals surface area (Å²) in [5.74, 6) is 0. The van der Waals surface area contributed by atoms with Crippen LogP contribution in [0.3, 0.4) is 0 Å². The van der Waals surface area contributed by atoms with Crippen LogP contribution in [0.2, 0.25) is 0 Å². The Morgan fingerprint density at radius 1 is 1.64 bits per heavy atom. The second-order valence-electron chi connectivity index (χ2n) is 2.24. The molecule has 1 aliphatic heterocycles. The molecule has 1 amide bonds. The van der Waals surface area contributed by atoms with E-state index in [1.54, 1.807) is 13.1 Å². The van der Waals surface area contributed by atoms with E-state index in [-0.39, 0.29) is 6.09 Å². The number of hydrogen-bond acceptors (Lipinski definition) is 2. The number of carbonyl (C=O) groups excluding carboxylic acids is 1. The van der Waals surface area contributed by atoms with Crippen molar-refractivity contribution in [2.75, 3.05) is 13.2 Å². The van der Waals surface area contributed by atoms with Crippen LogP contribution in [0.15, 0.2) is 24.4 Å². The molecule has 0 saturated carbocycles. The van der Waals surface area contributed by atoms with E-state index < -0.39 is 0 Å². The molecule has 60 valence electrons. The molecule has 1 rings (SSSR count). The first-order valence-electron chi connectivity index (χ1n) is 3.70. The second-order valence-corrected chi connectivity index (χ2v) is 2.24. The van der Waals surface area contributed by atoms with Gasteiger partial charge in [0.25, 0.3) is 0 Å². The van der Waals surface area contributed by atoms with Gasteiger partial charge in [0.15, 0.2) is 0 Å². The Hall–Kier alpha value is -1.09. The van der Waals surface area contributed by atoms with Crippen molar-refractivity contribution in [1.82, 2.24) is 0 Å². The molecule has 0 fully saturated rings. The highest BCUT2D eigenvalue weighted by Gasteiger charge is 2.17. The van der Waals surface area contributed by atoms with Gasteiger partial charge in [-0.05, 0) is 19.1 Å². The number of ether oxygens (including phenoxy) is 1. The third kappa shape index (κ3) is 2.20. The zero-order chi connectivity index (χ0) is 8.10. The van der Waals surface area contributed by atoms with Crippen LogP contribution >= 0.6 is 0 Å². The lowest BCUT2D eigenvalue weighted by Crippen LogP contribution is -3.10. The number of nitrogens with one attached hydrogen (secondary N) is 1. The van der Waals surface area contributed by atoms with Crippen molar-refractivity contribution < 1.29 is 14.4 Å². The van der Waals surface area contributed by atoms with Gasteiger partial charge in [0, 0.05) is 0 Å². The van der Waals surface area contributed by atoms with Gasteiger partial charge in [0.05, 0.1) is 6.61 Å². The van der Waals surface area contributed by atoms with Crippen molar-refractivity contribution in [3.05, 3.63) is 24.4 Å². The topological polar surface area (TPSA) is 30.7 Å². The maximum absolute atomic E-state index is 11.1. The minimum absolute atomic E-state index is 0.201. The van der Waals surface area contributed by atoms with Gasteiger partial charge in [-0.3, -0.25) is 0 Å². The summed E-state index contributed by atoms with van der Waals surface area (Å²) in [7, 11) is 0. The first-order valence-corrected chi connectivity index (χ1v) is 3.70. The Bertz CT molecular complexity index is 196. The fraction of sp³-hybridized carbons (Fsp3) is 0.375. The highest BCUT2D eigenvalue weighted by atomic mass is 16.6. The van der Waals surface area contributed by atoms with Crippen LogP contribution < -0.4 is 4.90 Å². The molecule has 1 aliphatic rings. The molecular weight excluding hydrogens is 142 g/mol. The van der Waals surface area contributed by atoms with Crippen molar-refractivity contribution in [2.45, 2.75) is 6.92 Å². The number of amides is 1. The van der Waals surface area contributed by atoms with Gasteiger partial charge in [-0.15, -0.1) is 0 Å². The summed E-state index contributed by atoms with van der Waals surface area (Å²) >= 11 is 0. The lowest BCUT2D eigenvalue weighted by Gasteiger charge is -2.10. The van der Waals surface area contributed by atoms with Crippen LogP contribution in [-0.4, -0.2) is 19.2 Å². The predicted molar refractivity (Wildman–Crippen MR) is 41.1 cm³/mol. The average molecular weight is 154 g/mol. The summed E-state index contributed by atoms with van der Waals surface area (Å²) in [6.45, 7) is 2.94. The van der Waals surface area contributed by atoms with Crippen molar-refractivity contribution in [3.63, 3.8) is 0 Å². The molecule has 1 unspecified atom stereocenters. The van der Waals surface area contributed by atoms with Crippen molar-refractivity contribution in [3.8, 4) is 0 Å². The van der Waals surface area contributed by atoms with Crippen LogP contribution in [0.1, 0.15) is 6.92 Å². The van der Waals surface area contributed by atoms with E-state index >= 15 is 0 Å². The maximum Gasteiger partial charge on any atom is 0.519 e. The summed E-state index contributed by atoms with van der Waals surface area (Å²) in [5.41, 5.74) is 0. The SMILES string of the molecule is CCOC(=O)[NH+]1C=CC=CC1. The lowest BCUT2D eigenvalue weighted by molar-refractivity contribution is -0.760. The van der Waals surface area contributed by atoms with E-state index in [4.69, 9.17) is 4.74 Å². The fourth-order valence-corrected chi connectivity index (χ4v) is 0.888. The molecule has 0 radical (unpaired) electrons. The van der Waals surface area contributed by atoms with Crippen molar-refractivity contribution >= 4 is 6.09 Å². The van der Waals surface area contributed by atoms with E-state index in [1.807, 2.05) is 18.2 Å². The number of rotatable bonds is 1. The molecule has 0 saturated heterocycles. The van der Waals surface area contributed by atoms with E-state index in [1.165, 1.54) is 0 Å². The van der Waals surface area contributed by atoms with E-state index in [0.717, 1.165) is 4.90 Å². The summed E-state index contributed by atoms with van der Waals surface area (Å²) in [6.07, 6.45) is 7.29. The Labute approximate surface area is 65.9 Å². The largest absolute Gasteiger partial charge is 0.519 e. The zero-order valence-electron chi connectivity index (χ0n) is 6.54. The van der Waals surface area contributed by atoms with Gasteiger partial charge < -0.3 is 4.74 Å². The van der Waals surface area contributed by atoms with Gasteiger partial charge in [0.2, 0.25) is 0 Å². The van der Waals surface area contributed by atoms with Crippen LogP contribution in [0.5, 0.6) is 0 Å². The Balaban J connectivity index is 2.42. The summed E-state index contributed by atoms with van der Waals surface area (Å²) < 4.78 is 4.82. The minimum Gasteiger partial charge on any atom is -0.420 e. The normalized spacial score (nSPS) is 21.7. The molecule has 0 aliphatic carbocycles. The van der Waals surface area contributed by atoms with Gasteiger partial charge in [-0.1, -0.05) is 6.08 Å². The molecule has 0 aromatic rings. The summed E-state index contributed by atoms with van der Waals surface area (Å²) in [5, 5.41) is 0. The lowest BCUT2D eigenvalue weighted by atomic mass is 10.4. The molecule has 1 atom stereocenters. The average Bonchev–Trinajstić information content (AvgIpc) is 2.07. The molecule has 0 spiro atoms. The highest BCUT2D eigenvalue weighted by Crippen LogP contribution is 1.79. The molecule has 1 heterocycles. The number of carbonyl (C=O) groups is 1. The van der Waals surface area contributed by atoms with E-state index in [2.05, 4.69) is 0 Å². The van der Waals surface area contributed by atoms with Crippen LogP contribution in [0.25, 0.3) is 0 Å². The molecule has 0 bridgehead atoms. The van der Waals surface area contributed by atoms with Gasteiger partial charge in [-0.25, -0.2) is 4.90 Å². The zero-order valence-corrected chi connectivity index (χ0v) is 6.54. The minimum atomic E-state index is -0.201. The van der Waals surface area contributed by atoms with Gasteiger partial charge in [0.1, 0.15) is 12.7 Å². The van der Waals surface area contributed by atoms with Crippen LogP contribution in [0.4, 0.5) is 4.79 Å². The van der Waals surface area contributed by atoms with Crippen molar-refractivity contribution in [1.29, 1.82) is 0 Å². The van der Waals surface area contributed by atoms with Gasteiger partial charge in [-0.2, -0.15) is 4.79 Å². The fourth-order valence-electron chi connectivity index (χ4n) is 0.888. The van der Waals surface area contributed by atoms with Crippen molar-refractivity contribution in [2.24, 2.45) is 0 Å². The van der Waals surface area contributed by atoms with Crippen LogP contribution in [0, 0.1) is 0 Å². The molecule has 3 heteroatoms. The highest BCUT2D eigenvalue weighted by molar-refractivity contribution is 5.57. The molecule has 0 aromatic carbocycles. The standard InChI is InChI=1S/C8H11NO2/c1-2-11-8(10)9-6-4-3-5-7-9/h3-6H,2,7H2,1H3/p+1. The molecule has 11 heavy (non-hydrogen) atoms. The Morgan fingerprint density at radius 2 is 2.45 bits per heavy atom. The number of allylic oxidation sites excluding steroid dienone is 2. The number of alkyl carbamates (subject to hydrolysis) is 2. The monoisotopic (exact) mass is 154 g/mol. The van der Waals surface area contributed by atoms with E-state index in [9.17, 15) is 4.79 Å². The second kappa shape index (κ2) is 3.93. The molecular formula is C8H12NO2+. The quantitative estimate of drug-likeness (QED) is 0.581. The summed E-state index contributed by atoms with van der Waals surface area (Å²) in [4.78, 5) is 11.8. The Kier molecular flexibility index (Phi) is 2.86. The molecule has 1 N–H and O–H groups in total.